The third-order valence-electron chi connectivity index (χ3n) is 8.46. The number of fused-ring (bicyclic) bond motifs is 1. The normalized spacial score (nSPS) is 15.2. The first kappa shape index (κ1) is 33.6. The summed E-state index contributed by atoms with van der Waals surface area (Å²) in [6, 6.07) is 17.2. The molecule has 13 heteroatoms. The fourth-order valence-corrected chi connectivity index (χ4v) is 6.57. The molecule has 48 heavy (non-hydrogen) atoms. The van der Waals surface area contributed by atoms with Crippen LogP contribution >= 0.6 is 23.2 Å². The van der Waals surface area contributed by atoms with Gasteiger partial charge in [0, 0.05) is 78.7 Å². The lowest BCUT2D eigenvalue weighted by molar-refractivity contribution is -0.119. The van der Waals surface area contributed by atoms with Gasteiger partial charge in [-0.05, 0) is 25.5 Å². The highest BCUT2D eigenvalue weighted by Gasteiger charge is 2.21. The Morgan fingerprint density at radius 2 is 1.73 bits per heavy atom. The van der Waals surface area contributed by atoms with Gasteiger partial charge in [-0.3, -0.25) is 14.2 Å². The second-order valence-corrected chi connectivity index (χ2v) is 12.7. The van der Waals surface area contributed by atoms with Crippen LogP contribution in [0, 0.1) is 0 Å². The van der Waals surface area contributed by atoms with Crippen LogP contribution in [-0.4, -0.2) is 62.5 Å². The number of rotatable bonds is 12. The summed E-state index contributed by atoms with van der Waals surface area (Å²) in [6.07, 6.45) is 2.66. The van der Waals surface area contributed by atoms with E-state index in [1.807, 2.05) is 48.5 Å². The highest BCUT2D eigenvalue weighted by molar-refractivity contribution is 6.39. The number of hydrogen-bond donors (Lipinski definition) is 4. The van der Waals surface area contributed by atoms with Gasteiger partial charge in [0.1, 0.15) is 11.3 Å². The molecule has 0 bridgehead atoms. The average Bonchev–Trinajstić information content (AvgIpc) is 3.69. The largest absolute Gasteiger partial charge is 0.481 e. The van der Waals surface area contributed by atoms with Crippen LogP contribution in [0.4, 0.5) is 0 Å². The van der Waals surface area contributed by atoms with Gasteiger partial charge in [-0.15, -0.1) is 0 Å². The van der Waals surface area contributed by atoms with Gasteiger partial charge < -0.3 is 25.8 Å². The average molecular weight is 691 g/mol. The Labute approximate surface area is 287 Å². The van der Waals surface area contributed by atoms with Gasteiger partial charge in [-0.25, -0.2) is 9.50 Å². The Bertz CT molecular complexity index is 2040. The Hall–Kier alpha value is -4.26. The van der Waals surface area contributed by atoms with Crippen molar-refractivity contribution in [2.24, 2.45) is 7.05 Å². The Morgan fingerprint density at radius 1 is 1.02 bits per heavy atom. The summed E-state index contributed by atoms with van der Waals surface area (Å²) in [5.74, 6) is 1.11. The highest BCUT2D eigenvalue weighted by atomic mass is 35.5. The number of ether oxygens (including phenoxy) is 1. The van der Waals surface area contributed by atoms with E-state index in [0.717, 1.165) is 39.8 Å². The number of carbonyl (C=O) groups excluding carboxylic acids is 1. The molecule has 2 atom stereocenters. The molecule has 250 valence electrons. The number of nitrogens with zero attached hydrogens (tertiary/aromatic N) is 4. The quantitative estimate of drug-likeness (QED) is 0.150. The predicted octanol–water partition coefficient (Wildman–Crippen LogP) is 4.58. The second-order valence-electron chi connectivity index (χ2n) is 12.0. The molecule has 4 N–H and O–H groups in total. The first-order valence-corrected chi connectivity index (χ1v) is 16.5. The van der Waals surface area contributed by atoms with Crippen LogP contribution in [0.1, 0.15) is 31.2 Å². The first-order valence-electron chi connectivity index (χ1n) is 15.7. The maximum Gasteiger partial charge on any atom is 0.277 e. The van der Waals surface area contributed by atoms with E-state index >= 15 is 0 Å². The molecular formula is C35H37Cl2N7O4. The lowest BCUT2D eigenvalue weighted by Gasteiger charge is -2.15. The molecule has 1 fully saturated rings. The monoisotopic (exact) mass is 689 g/mol. The molecule has 4 heterocycles. The molecule has 0 saturated carbocycles. The van der Waals surface area contributed by atoms with Crippen molar-refractivity contribution in [3.05, 3.63) is 92.6 Å². The number of aliphatic hydroxyl groups is 1. The zero-order valence-electron chi connectivity index (χ0n) is 26.9. The van der Waals surface area contributed by atoms with E-state index in [2.05, 4.69) is 21.0 Å². The summed E-state index contributed by atoms with van der Waals surface area (Å²) >= 11 is 14.1. The SMILES string of the molecule is COc1nc(-c2cccc(-c3cccc(-c4cc5c(=O)n(C)c(CNC[C@@H](C)O)nn5c4)c3Cl)c2Cl)ccc1CNC[C@@H]1CCC(=O)N1. The molecule has 6 rings (SSSR count). The van der Waals surface area contributed by atoms with Gasteiger partial charge in [0.05, 0.1) is 35.5 Å². The number of amides is 1. The molecular weight excluding hydrogens is 653 g/mol. The number of benzene rings is 2. The van der Waals surface area contributed by atoms with Crippen LogP contribution in [-0.2, 0) is 24.9 Å². The van der Waals surface area contributed by atoms with Crippen LogP contribution < -0.4 is 26.2 Å². The zero-order chi connectivity index (χ0) is 33.9. The Kier molecular flexibility index (Phi) is 10.1. The summed E-state index contributed by atoms with van der Waals surface area (Å²) in [7, 11) is 3.26. The molecule has 1 saturated heterocycles. The van der Waals surface area contributed by atoms with Crippen molar-refractivity contribution in [3.63, 3.8) is 0 Å². The number of carbonyl (C=O) groups is 1. The molecule has 1 aliphatic rings. The Morgan fingerprint density at radius 3 is 2.42 bits per heavy atom. The summed E-state index contributed by atoms with van der Waals surface area (Å²) in [5, 5.41) is 24.6. The van der Waals surface area contributed by atoms with Crippen molar-refractivity contribution in [1.29, 1.82) is 0 Å². The summed E-state index contributed by atoms with van der Waals surface area (Å²) in [4.78, 5) is 29.5. The third-order valence-corrected chi connectivity index (χ3v) is 9.27. The number of hydrogen-bond acceptors (Lipinski definition) is 8. The van der Waals surface area contributed by atoms with E-state index in [9.17, 15) is 14.7 Å². The first-order chi connectivity index (χ1) is 23.1. The van der Waals surface area contributed by atoms with Gasteiger partial charge in [-0.2, -0.15) is 5.10 Å². The van der Waals surface area contributed by atoms with Crippen LogP contribution in [0.15, 0.2) is 65.6 Å². The van der Waals surface area contributed by atoms with E-state index in [4.69, 9.17) is 32.9 Å². The van der Waals surface area contributed by atoms with Crippen molar-refractivity contribution in [2.75, 3.05) is 20.2 Å². The number of halogens is 2. The minimum Gasteiger partial charge on any atom is -0.481 e. The van der Waals surface area contributed by atoms with E-state index in [-0.39, 0.29) is 17.5 Å². The highest BCUT2D eigenvalue weighted by Crippen LogP contribution is 2.42. The van der Waals surface area contributed by atoms with E-state index in [0.29, 0.717) is 65.6 Å². The zero-order valence-corrected chi connectivity index (χ0v) is 28.4. The molecule has 0 spiro atoms. The van der Waals surface area contributed by atoms with Crippen molar-refractivity contribution < 1.29 is 14.6 Å². The van der Waals surface area contributed by atoms with Crippen molar-refractivity contribution in [3.8, 4) is 39.4 Å². The number of methoxy groups -OCH3 is 1. The molecule has 0 radical (unpaired) electrons. The lowest BCUT2D eigenvalue weighted by atomic mass is 9.97. The molecule has 0 aliphatic carbocycles. The van der Waals surface area contributed by atoms with E-state index < -0.39 is 6.10 Å². The van der Waals surface area contributed by atoms with Gasteiger partial charge in [0.2, 0.25) is 11.8 Å². The van der Waals surface area contributed by atoms with Crippen LogP contribution in [0.25, 0.3) is 39.0 Å². The summed E-state index contributed by atoms with van der Waals surface area (Å²) in [5.41, 5.74) is 5.41. The summed E-state index contributed by atoms with van der Waals surface area (Å²) in [6.45, 7) is 3.60. The van der Waals surface area contributed by atoms with Gasteiger partial charge in [0.15, 0.2) is 0 Å². The second kappa shape index (κ2) is 14.5. The van der Waals surface area contributed by atoms with Gasteiger partial charge >= 0.3 is 0 Å². The van der Waals surface area contributed by atoms with Crippen molar-refractivity contribution in [2.45, 2.75) is 45.0 Å². The van der Waals surface area contributed by atoms with Gasteiger partial charge in [0.25, 0.3) is 5.56 Å². The predicted molar refractivity (Wildman–Crippen MR) is 187 cm³/mol. The topological polar surface area (TPSA) is 135 Å². The van der Waals surface area contributed by atoms with Gasteiger partial charge in [-0.1, -0.05) is 65.7 Å². The smallest absolute Gasteiger partial charge is 0.277 e. The molecule has 5 aromatic rings. The molecule has 1 aliphatic heterocycles. The fraction of sp³-hybridized carbons (Fsp3) is 0.314. The fourth-order valence-electron chi connectivity index (χ4n) is 5.91. The molecule has 11 nitrogen and oxygen atoms in total. The molecule has 3 aromatic heterocycles. The number of pyridine rings is 1. The molecule has 1 amide bonds. The number of nitrogens with one attached hydrogen (secondary N) is 3. The summed E-state index contributed by atoms with van der Waals surface area (Å²) < 4.78 is 8.70. The number of aromatic nitrogens is 4. The van der Waals surface area contributed by atoms with E-state index in [1.54, 1.807) is 37.9 Å². The van der Waals surface area contributed by atoms with Crippen molar-refractivity contribution >= 4 is 34.6 Å². The van der Waals surface area contributed by atoms with Crippen LogP contribution in [0.3, 0.4) is 0 Å². The minimum atomic E-state index is -0.515. The maximum atomic E-state index is 13.2. The third kappa shape index (κ3) is 6.96. The maximum absolute atomic E-state index is 13.2. The van der Waals surface area contributed by atoms with Crippen LogP contribution in [0.5, 0.6) is 5.88 Å². The molecule has 0 unspecified atom stereocenters. The van der Waals surface area contributed by atoms with Crippen molar-refractivity contribution in [1.82, 2.24) is 35.1 Å². The number of aliphatic hydroxyl groups excluding tert-OH is 1. The molecule has 2 aromatic carbocycles. The van der Waals surface area contributed by atoms with Crippen LogP contribution in [0.2, 0.25) is 10.0 Å². The lowest BCUT2D eigenvalue weighted by Crippen LogP contribution is -2.35. The van der Waals surface area contributed by atoms with E-state index in [1.165, 1.54) is 4.57 Å². The minimum absolute atomic E-state index is 0.0911. The standard InChI is InChI=1S/C35H37Cl2N7O4/c1-20(45)15-38-18-30-42-44-19-22(14-29(44)35(47)43(30)2)24-6-4-7-25(32(24)36)26-8-5-9-27(33(26)37)28-12-10-21(34(41-28)48-3)16-39-17-23-11-13-31(46)40-23/h4-10,12,14,19-20,23,38-39,45H,11,13,15-18H2,1-3H3,(H,40,46)/t20-,23+/m1/s1. The Balaban J connectivity index is 1.28.